The van der Waals surface area contributed by atoms with Gasteiger partial charge >= 0.3 is 18.3 Å². The van der Waals surface area contributed by atoms with Crippen molar-refractivity contribution in [2.24, 2.45) is 0 Å². The first-order valence-corrected chi connectivity index (χ1v) is 16.9. The largest absolute Gasteiger partial charge is 0.444 e. The second-order valence-electron chi connectivity index (χ2n) is 14.4. The molecule has 2 unspecified atom stereocenters. The number of hydrogen-bond donors (Lipinski definition) is 1. The number of rotatable bonds is 6. The minimum atomic E-state index is -4.39. The summed E-state index contributed by atoms with van der Waals surface area (Å²) in [6.07, 6.45) is 0.653. The van der Waals surface area contributed by atoms with Crippen LogP contribution in [0.15, 0.2) is 48.5 Å². The SMILES string of the molecule is CN(C(=O)c1ccc(-c2ccc(C(F)(F)F)cc2)cc1)C1CCN(C(=O)N(C)C2CCN(C3CCC(NC(=O)OC(C)(C)C)CC3)C2)C1. The number of hydrogen-bond acceptors (Lipinski definition) is 5. The molecule has 0 bridgehead atoms. The van der Waals surface area contributed by atoms with E-state index in [1.165, 1.54) is 12.1 Å². The third kappa shape index (κ3) is 8.61. The number of amides is 4. The van der Waals surface area contributed by atoms with Crippen molar-refractivity contribution in [2.45, 2.75) is 95.2 Å². The third-order valence-corrected chi connectivity index (χ3v) is 9.96. The Hall–Kier alpha value is -3.80. The lowest BCUT2D eigenvalue weighted by molar-refractivity contribution is -0.137. The number of likely N-dealkylation sites (N-methyl/N-ethyl adjacent to an activating group) is 2. The summed E-state index contributed by atoms with van der Waals surface area (Å²) in [7, 11) is 3.62. The first kappa shape index (κ1) is 35.5. The summed E-state index contributed by atoms with van der Waals surface area (Å²) >= 11 is 0. The molecule has 4 amide bonds. The minimum absolute atomic E-state index is 0.0173. The molecule has 2 aromatic rings. The van der Waals surface area contributed by atoms with Crippen LogP contribution in [0, 0.1) is 0 Å². The van der Waals surface area contributed by atoms with Gasteiger partial charge in [0.05, 0.1) is 11.6 Å². The van der Waals surface area contributed by atoms with E-state index in [4.69, 9.17) is 4.74 Å². The van der Waals surface area contributed by atoms with Crippen molar-refractivity contribution < 1.29 is 32.3 Å². The van der Waals surface area contributed by atoms with Crippen molar-refractivity contribution in [1.82, 2.24) is 24.9 Å². The Morgan fingerprint density at radius 3 is 1.92 bits per heavy atom. The van der Waals surface area contributed by atoms with E-state index in [0.717, 1.165) is 62.9 Å². The molecule has 1 N–H and O–H groups in total. The number of halogens is 3. The predicted molar refractivity (Wildman–Crippen MR) is 178 cm³/mol. The summed E-state index contributed by atoms with van der Waals surface area (Å²) in [5.74, 6) is -0.163. The summed E-state index contributed by atoms with van der Waals surface area (Å²) in [4.78, 5) is 46.9. The van der Waals surface area contributed by atoms with Crippen LogP contribution >= 0.6 is 0 Å². The molecule has 3 aliphatic rings. The van der Waals surface area contributed by atoms with Crippen molar-refractivity contribution in [3.8, 4) is 11.1 Å². The van der Waals surface area contributed by atoms with E-state index in [-0.39, 0.29) is 36.2 Å². The predicted octanol–water partition coefficient (Wildman–Crippen LogP) is 6.48. The molecule has 2 saturated heterocycles. The monoisotopic (exact) mass is 671 g/mol. The zero-order chi connectivity index (χ0) is 34.8. The molecule has 2 atom stereocenters. The second kappa shape index (κ2) is 14.4. The van der Waals surface area contributed by atoms with Crippen LogP contribution in [0.5, 0.6) is 0 Å². The Morgan fingerprint density at radius 1 is 0.771 bits per heavy atom. The molecule has 0 aromatic heterocycles. The Balaban J connectivity index is 1.07. The van der Waals surface area contributed by atoms with Crippen LogP contribution in [0.3, 0.4) is 0 Å². The van der Waals surface area contributed by atoms with Gasteiger partial charge in [0, 0.05) is 64.0 Å². The van der Waals surface area contributed by atoms with Gasteiger partial charge in [-0.3, -0.25) is 9.69 Å². The van der Waals surface area contributed by atoms with Gasteiger partial charge in [-0.25, -0.2) is 9.59 Å². The lowest BCUT2D eigenvalue weighted by Gasteiger charge is -2.36. The van der Waals surface area contributed by atoms with Crippen LogP contribution in [0.4, 0.5) is 22.8 Å². The van der Waals surface area contributed by atoms with Gasteiger partial charge in [-0.15, -0.1) is 0 Å². The average Bonchev–Trinajstić information content (AvgIpc) is 3.74. The van der Waals surface area contributed by atoms with Crippen LogP contribution in [0.2, 0.25) is 0 Å². The number of ether oxygens (including phenoxy) is 1. The summed E-state index contributed by atoms with van der Waals surface area (Å²) in [5.41, 5.74) is 0.615. The van der Waals surface area contributed by atoms with Crippen LogP contribution in [-0.2, 0) is 10.9 Å². The first-order valence-electron chi connectivity index (χ1n) is 16.9. The number of nitrogens with one attached hydrogen (secondary N) is 1. The van der Waals surface area contributed by atoms with Gasteiger partial charge in [0.25, 0.3) is 5.91 Å². The quantitative estimate of drug-likeness (QED) is 0.380. The van der Waals surface area contributed by atoms with Gasteiger partial charge in [-0.2, -0.15) is 13.2 Å². The van der Waals surface area contributed by atoms with Gasteiger partial charge < -0.3 is 24.8 Å². The molecular weight excluding hydrogens is 623 g/mol. The normalized spacial score (nSPS) is 23.5. The highest BCUT2D eigenvalue weighted by molar-refractivity contribution is 5.95. The highest BCUT2D eigenvalue weighted by atomic mass is 19.4. The van der Waals surface area contributed by atoms with Crippen LogP contribution in [0.25, 0.3) is 11.1 Å². The second-order valence-corrected chi connectivity index (χ2v) is 14.4. The molecule has 48 heavy (non-hydrogen) atoms. The Labute approximate surface area is 281 Å². The number of nitrogens with zero attached hydrogens (tertiary/aromatic N) is 4. The molecule has 0 spiro atoms. The van der Waals surface area contributed by atoms with Gasteiger partial charge in [0.2, 0.25) is 0 Å². The summed E-state index contributed by atoms with van der Waals surface area (Å²) < 4.78 is 44.1. The maximum Gasteiger partial charge on any atom is 0.416 e. The highest BCUT2D eigenvalue weighted by Gasteiger charge is 2.38. The number of alkyl halides is 3. The van der Waals surface area contributed by atoms with Gasteiger partial charge in [0.15, 0.2) is 0 Å². The van der Waals surface area contributed by atoms with E-state index in [1.54, 1.807) is 36.2 Å². The smallest absolute Gasteiger partial charge is 0.416 e. The van der Waals surface area contributed by atoms with Crippen LogP contribution < -0.4 is 5.32 Å². The molecule has 2 heterocycles. The van der Waals surface area contributed by atoms with Crippen molar-refractivity contribution in [3.05, 3.63) is 59.7 Å². The molecule has 3 fully saturated rings. The maximum absolute atomic E-state index is 13.5. The summed E-state index contributed by atoms with van der Waals surface area (Å²) in [6, 6.07) is 12.4. The van der Waals surface area contributed by atoms with Crippen LogP contribution in [0.1, 0.15) is 75.2 Å². The molecule has 12 heteroatoms. The van der Waals surface area contributed by atoms with Gasteiger partial charge in [-0.05, 0) is 94.7 Å². The standard InChI is InChI=1S/C36H48F3N5O4/c1-35(2,3)48-33(46)40-28-14-16-29(17-15-28)43-20-18-31(22-43)42(5)34(47)44-21-19-30(23-44)41(4)32(45)26-8-6-24(7-9-26)25-10-12-27(13-11-25)36(37,38)39/h6-13,28-31H,14-23H2,1-5H3,(H,40,46). The Bertz CT molecular complexity index is 1440. The lowest BCUT2D eigenvalue weighted by Crippen LogP contribution is -2.48. The van der Waals surface area contributed by atoms with Crippen molar-refractivity contribution >= 4 is 18.0 Å². The number of alkyl carbamates (subject to hydrolysis) is 1. The van der Waals surface area contributed by atoms with E-state index in [9.17, 15) is 27.6 Å². The molecule has 0 radical (unpaired) electrons. The maximum atomic E-state index is 13.5. The van der Waals surface area contributed by atoms with E-state index >= 15 is 0 Å². The lowest BCUT2D eigenvalue weighted by atomic mass is 9.90. The summed E-state index contributed by atoms with van der Waals surface area (Å²) in [6.45, 7) is 8.38. The minimum Gasteiger partial charge on any atom is -0.444 e. The third-order valence-electron chi connectivity index (χ3n) is 9.96. The first-order chi connectivity index (χ1) is 22.6. The Morgan fingerprint density at radius 2 is 1.33 bits per heavy atom. The number of benzene rings is 2. The number of carbonyl (C=O) groups excluding carboxylic acids is 3. The molecule has 2 aromatic carbocycles. The molecule has 262 valence electrons. The number of carbonyl (C=O) groups is 3. The molecule has 2 aliphatic heterocycles. The zero-order valence-electron chi connectivity index (χ0n) is 28.6. The molecule has 5 rings (SSSR count). The fourth-order valence-corrected chi connectivity index (χ4v) is 7.11. The molecule has 1 saturated carbocycles. The van der Waals surface area contributed by atoms with E-state index < -0.39 is 17.3 Å². The highest BCUT2D eigenvalue weighted by Crippen LogP contribution is 2.32. The molecular formula is C36H48F3N5O4. The Kier molecular flexibility index (Phi) is 10.6. The number of likely N-dealkylation sites (tertiary alicyclic amines) is 2. The van der Waals surface area contributed by atoms with Gasteiger partial charge in [0.1, 0.15) is 5.60 Å². The fraction of sp³-hybridized carbons (Fsp3) is 0.583. The van der Waals surface area contributed by atoms with Crippen molar-refractivity contribution in [1.29, 1.82) is 0 Å². The van der Waals surface area contributed by atoms with E-state index in [0.29, 0.717) is 36.7 Å². The topological polar surface area (TPSA) is 85.4 Å². The fourth-order valence-electron chi connectivity index (χ4n) is 7.11. The number of urea groups is 1. The van der Waals surface area contributed by atoms with E-state index in [2.05, 4.69) is 10.2 Å². The van der Waals surface area contributed by atoms with Gasteiger partial charge in [-0.1, -0.05) is 24.3 Å². The molecule has 9 nitrogen and oxygen atoms in total. The molecule has 1 aliphatic carbocycles. The van der Waals surface area contributed by atoms with E-state index in [1.807, 2.05) is 37.6 Å². The zero-order valence-corrected chi connectivity index (χ0v) is 28.6. The summed E-state index contributed by atoms with van der Waals surface area (Å²) in [5, 5.41) is 3.01. The van der Waals surface area contributed by atoms with Crippen LogP contribution in [-0.4, -0.2) is 108 Å². The van der Waals surface area contributed by atoms with Crippen molar-refractivity contribution in [3.63, 3.8) is 0 Å². The average molecular weight is 672 g/mol. The van der Waals surface area contributed by atoms with Crippen molar-refractivity contribution in [2.75, 3.05) is 40.3 Å².